The second-order valence-electron chi connectivity index (χ2n) is 8.15. The Labute approximate surface area is 193 Å². The summed E-state index contributed by atoms with van der Waals surface area (Å²) in [6.45, 7) is 3.20. The van der Waals surface area contributed by atoms with Crippen LogP contribution in [0.2, 0.25) is 0 Å². The van der Waals surface area contributed by atoms with Gasteiger partial charge in [0, 0.05) is 41.3 Å². The highest BCUT2D eigenvalue weighted by Crippen LogP contribution is 2.42. The Morgan fingerprint density at radius 3 is 2.82 bits per heavy atom. The van der Waals surface area contributed by atoms with Crippen LogP contribution in [0, 0.1) is 6.92 Å². The number of phenols is 1. The van der Waals surface area contributed by atoms with Crippen LogP contribution < -0.4 is 10.9 Å². The van der Waals surface area contributed by atoms with E-state index in [2.05, 4.69) is 15.5 Å². The smallest absolute Gasteiger partial charge is 0.336 e. The highest BCUT2D eigenvalue weighted by atomic mass is 32.2. The van der Waals surface area contributed by atoms with Gasteiger partial charge in [-0.05, 0) is 55.7 Å². The average molecular weight is 463 g/mol. The van der Waals surface area contributed by atoms with E-state index in [0.29, 0.717) is 33.7 Å². The lowest BCUT2D eigenvalue weighted by atomic mass is 10.1. The molecule has 0 spiro atoms. The lowest BCUT2D eigenvalue weighted by Crippen LogP contribution is -2.07. The Balaban J connectivity index is 1.52. The van der Waals surface area contributed by atoms with Gasteiger partial charge in [0.2, 0.25) is 5.91 Å². The highest BCUT2D eigenvalue weighted by Gasteiger charge is 2.31. The first-order valence-corrected chi connectivity index (χ1v) is 11.6. The largest absolute Gasteiger partial charge is 0.508 e. The summed E-state index contributed by atoms with van der Waals surface area (Å²) in [5.41, 5.74) is 2.83. The Hall–Kier alpha value is -3.59. The molecule has 0 unspecified atom stereocenters. The van der Waals surface area contributed by atoms with Crippen molar-refractivity contribution in [2.24, 2.45) is 0 Å². The Morgan fingerprint density at radius 1 is 1.24 bits per heavy atom. The number of nitrogens with one attached hydrogen (secondary N) is 1. The van der Waals surface area contributed by atoms with E-state index in [1.807, 2.05) is 28.8 Å². The number of aromatic nitrogens is 3. The predicted molar refractivity (Wildman–Crippen MR) is 126 cm³/mol. The minimum absolute atomic E-state index is 0.0864. The summed E-state index contributed by atoms with van der Waals surface area (Å²) < 4.78 is 7.38. The zero-order valence-corrected chi connectivity index (χ0v) is 19.0. The molecule has 5 rings (SSSR count). The van der Waals surface area contributed by atoms with Crippen LogP contribution >= 0.6 is 11.8 Å². The lowest BCUT2D eigenvalue weighted by molar-refractivity contribution is -0.114. The number of amides is 1. The number of rotatable bonds is 6. The fourth-order valence-corrected chi connectivity index (χ4v) is 4.78. The molecule has 0 saturated heterocycles. The number of thioether (sulfide) groups is 1. The summed E-state index contributed by atoms with van der Waals surface area (Å²) in [6.07, 6.45) is 2.14. The molecule has 0 atom stereocenters. The summed E-state index contributed by atoms with van der Waals surface area (Å²) >= 11 is 1.47. The van der Waals surface area contributed by atoms with Gasteiger partial charge < -0.3 is 14.8 Å². The normalized spacial score (nSPS) is 13.4. The van der Waals surface area contributed by atoms with E-state index < -0.39 is 5.63 Å². The van der Waals surface area contributed by atoms with Gasteiger partial charge in [0.1, 0.15) is 17.2 Å². The quantitative estimate of drug-likeness (QED) is 0.320. The molecule has 9 heteroatoms. The number of phenolic OH excluding ortho intramolecular Hbond substituents is 1. The molecule has 2 N–H and O–H groups in total. The third-order valence-electron chi connectivity index (χ3n) is 5.60. The first-order chi connectivity index (χ1) is 15.9. The van der Waals surface area contributed by atoms with Gasteiger partial charge in [-0.3, -0.25) is 9.36 Å². The molecule has 2 aromatic heterocycles. The number of carbonyl (C=O) groups excluding carboxylic acids is 1. The Kier molecular flexibility index (Phi) is 5.41. The number of aromatic hydroxyl groups is 1. The number of fused-ring (bicyclic) bond motifs is 1. The predicted octanol–water partition coefficient (Wildman–Crippen LogP) is 4.52. The summed E-state index contributed by atoms with van der Waals surface area (Å²) in [4.78, 5) is 23.7. The molecule has 1 saturated carbocycles. The minimum Gasteiger partial charge on any atom is -0.508 e. The molecule has 0 bridgehead atoms. The summed E-state index contributed by atoms with van der Waals surface area (Å²) in [5.74, 6) is 1.69. The van der Waals surface area contributed by atoms with Gasteiger partial charge in [-0.15, -0.1) is 10.2 Å². The van der Waals surface area contributed by atoms with Crippen molar-refractivity contribution < 1.29 is 14.3 Å². The van der Waals surface area contributed by atoms with Crippen molar-refractivity contribution >= 4 is 34.3 Å². The molecule has 0 aliphatic heterocycles. The molecule has 2 aromatic carbocycles. The van der Waals surface area contributed by atoms with Crippen molar-refractivity contribution in [2.75, 3.05) is 5.32 Å². The number of benzene rings is 2. The van der Waals surface area contributed by atoms with Crippen LogP contribution in [0.3, 0.4) is 0 Å². The first kappa shape index (κ1) is 21.3. The number of nitrogens with zero attached hydrogens (tertiary/aromatic N) is 3. The van der Waals surface area contributed by atoms with Crippen LogP contribution in [0.4, 0.5) is 5.69 Å². The highest BCUT2D eigenvalue weighted by molar-refractivity contribution is 7.98. The number of anilines is 1. The van der Waals surface area contributed by atoms with Crippen molar-refractivity contribution in [3.8, 4) is 11.4 Å². The molecule has 2 heterocycles. The van der Waals surface area contributed by atoms with Crippen LogP contribution in [0.1, 0.15) is 42.6 Å². The van der Waals surface area contributed by atoms with Crippen molar-refractivity contribution in [1.82, 2.24) is 14.8 Å². The summed E-state index contributed by atoms with van der Waals surface area (Å²) in [5, 5.41) is 23.2. The Bertz CT molecular complexity index is 1440. The molecule has 8 nitrogen and oxygen atoms in total. The molecule has 1 amide bonds. The second kappa shape index (κ2) is 8.40. The van der Waals surface area contributed by atoms with Crippen molar-refractivity contribution in [3.63, 3.8) is 0 Å². The maximum absolute atomic E-state index is 12.2. The molecule has 0 radical (unpaired) electrons. The van der Waals surface area contributed by atoms with E-state index in [1.165, 1.54) is 24.8 Å². The molecule has 168 valence electrons. The first-order valence-electron chi connectivity index (χ1n) is 10.6. The third-order valence-corrected chi connectivity index (χ3v) is 6.58. The van der Waals surface area contributed by atoms with Gasteiger partial charge in [-0.2, -0.15) is 0 Å². The van der Waals surface area contributed by atoms with Crippen molar-refractivity contribution in [1.29, 1.82) is 0 Å². The van der Waals surface area contributed by atoms with Gasteiger partial charge in [-0.1, -0.05) is 17.8 Å². The van der Waals surface area contributed by atoms with Crippen LogP contribution in [-0.2, 0) is 10.5 Å². The average Bonchev–Trinajstić information content (AvgIpc) is 3.54. The third kappa shape index (κ3) is 4.23. The monoisotopic (exact) mass is 462 g/mol. The van der Waals surface area contributed by atoms with Crippen LogP contribution in [0.5, 0.6) is 5.75 Å². The molecular weight excluding hydrogens is 440 g/mol. The SMILES string of the molecule is CC(=O)Nc1cccc(-n2c(SCc3cc(=O)oc4c(C)c(O)ccc34)nnc2C2CC2)c1. The van der Waals surface area contributed by atoms with E-state index in [0.717, 1.165) is 35.3 Å². The number of hydrogen-bond acceptors (Lipinski definition) is 7. The molecule has 1 fully saturated rings. The summed E-state index contributed by atoms with van der Waals surface area (Å²) in [6, 6.07) is 12.4. The standard InChI is InChI=1S/C24H22N4O4S/c1-13-20(30)9-8-19-16(10-21(31)32-22(13)19)12-33-24-27-26-23(15-6-7-15)28(24)18-5-3-4-17(11-18)25-14(2)29/h3-5,8-11,15,30H,6-7,12H2,1-2H3,(H,25,29). The molecule has 1 aliphatic carbocycles. The fourth-order valence-electron chi connectivity index (χ4n) is 3.83. The molecular formula is C24H22N4O4S. The van der Waals surface area contributed by atoms with Crippen molar-refractivity contribution in [2.45, 2.75) is 43.5 Å². The lowest BCUT2D eigenvalue weighted by Gasteiger charge is -2.12. The van der Waals surface area contributed by atoms with Crippen LogP contribution in [-0.4, -0.2) is 25.8 Å². The number of aryl methyl sites for hydroxylation is 1. The number of carbonyl (C=O) groups is 1. The second-order valence-corrected chi connectivity index (χ2v) is 9.09. The van der Waals surface area contributed by atoms with Crippen molar-refractivity contribution in [3.05, 3.63) is 69.8 Å². The van der Waals surface area contributed by atoms with E-state index in [9.17, 15) is 14.7 Å². The van der Waals surface area contributed by atoms with Gasteiger partial charge in [0.05, 0.1) is 5.69 Å². The van der Waals surface area contributed by atoms with Gasteiger partial charge in [0.15, 0.2) is 5.16 Å². The summed E-state index contributed by atoms with van der Waals surface area (Å²) in [7, 11) is 0. The van der Waals surface area contributed by atoms with Gasteiger partial charge >= 0.3 is 5.63 Å². The van der Waals surface area contributed by atoms with E-state index in [4.69, 9.17) is 4.42 Å². The molecule has 33 heavy (non-hydrogen) atoms. The van der Waals surface area contributed by atoms with E-state index in [-0.39, 0.29) is 11.7 Å². The fraction of sp³-hybridized carbons (Fsp3) is 0.250. The number of hydrogen-bond donors (Lipinski definition) is 2. The topological polar surface area (TPSA) is 110 Å². The molecule has 1 aliphatic rings. The Morgan fingerprint density at radius 2 is 2.06 bits per heavy atom. The zero-order valence-electron chi connectivity index (χ0n) is 18.2. The van der Waals surface area contributed by atoms with E-state index in [1.54, 1.807) is 19.1 Å². The van der Waals surface area contributed by atoms with Gasteiger partial charge in [0.25, 0.3) is 0 Å². The van der Waals surface area contributed by atoms with Crippen LogP contribution in [0.25, 0.3) is 16.7 Å². The molecule has 4 aromatic rings. The van der Waals surface area contributed by atoms with Crippen LogP contribution in [0.15, 0.2) is 56.8 Å². The zero-order chi connectivity index (χ0) is 23.1. The minimum atomic E-state index is -0.463. The maximum Gasteiger partial charge on any atom is 0.336 e. The van der Waals surface area contributed by atoms with Gasteiger partial charge in [-0.25, -0.2) is 4.79 Å². The maximum atomic E-state index is 12.2. The van der Waals surface area contributed by atoms with E-state index >= 15 is 0 Å².